The van der Waals surface area contributed by atoms with Gasteiger partial charge in [0.05, 0.1) is 11.5 Å². The van der Waals surface area contributed by atoms with Gasteiger partial charge in [-0.25, -0.2) is 0 Å². The van der Waals surface area contributed by atoms with E-state index >= 15 is 0 Å². The summed E-state index contributed by atoms with van der Waals surface area (Å²) in [6, 6.07) is 19.3. The van der Waals surface area contributed by atoms with Crippen LogP contribution in [0.2, 0.25) is 5.04 Å². The average Bonchev–Trinajstić information content (AvgIpc) is 3.37. The van der Waals surface area contributed by atoms with Crippen molar-refractivity contribution in [2.75, 3.05) is 13.2 Å². The molecule has 2 aromatic rings. The van der Waals surface area contributed by atoms with Gasteiger partial charge in [-0.2, -0.15) is 0 Å². The van der Waals surface area contributed by atoms with E-state index in [0.717, 1.165) is 17.3 Å². The lowest BCUT2D eigenvalue weighted by molar-refractivity contribution is -0.141. The molecule has 3 rings (SSSR count). The molecule has 1 aliphatic rings. The molecule has 2 aromatic carbocycles. The van der Waals surface area contributed by atoms with Crippen LogP contribution < -0.4 is 10.4 Å². The predicted octanol–water partition coefficient (Wildman–Crippen LogP) is 7.18. The number of rotatable bonds is 10. The Kier molecular flexibility index (Phi) is 7.23. The van der Waals surface area contributed by atoms with E-state index < -0.39 is 47.2 Å². The summed E-state index contributed by atoms with van der Waals surface area (Å²) < 4.78 is 79.9. The number of benzene rings is 2. The van der Waals surface area contributed by atoms with Gasteiger partial charge in [0.15, 0.2) is 0 Å². The zero-order chi connectivity index (χ0) is 27.1. The Hall–Kier alpha value is -1.62. The van der Waals surface area contributed by atoms with Gasteiger partial charge in [0, 0.05) is 19.4 Å². The first-order valence-electron chi connectivity index (χ1n) is 11.6. The molecule has 0 aliphatic heterocycles. The Morgan fingerprint density at radius 3 is 1.83 bits per heavy atom. The molecule has 0 aromatic heterocycles. The summed E-state index contributed by atoms with van der Waals surface area (Å²) in [5, 5.41) is -1.37. The fourth-order valence-electron chi connectivity index (χ4n) is 5.22. The lowest BCUT2D eigenvalue weighted by Gasteiger charge is -2.43. The maximum absolute atomic E-state index is 13.7. The Morgan fingerprint density at radius 2 is 1.44 bits per heavy atom. The molecule has 0 heterocycles. The van der Waals surface area contributed by atoms with Gasteiger partial charge >= 0.3 is 5.97 Å². The van der Waals surface area contributed by atoms with Crippen molar-refractivity contribution in [1.29, 1.82) is 0 Å². The van der Waals surface area contributed by atoms with Crippen LogP contribution in [0.5, 0.6) is 0 Å². The molecule has 1 saturated carbocycles. The normalized spacial score (nSPS) is 24.5. The second kappa shape index (κ2) is 8.99. The van der Waals surface area contributed by atoms with Crippen LogP contribution in [0.1, 0.15) is 40.5 Å². The molecule has 3 atom stereocenters. The molecular weight excluding hydrogens is 539 g/mol. The number of halogens is 6. The quantitative estimate of drug-likeness (QED) is 0.0998. The number of hydrogen-bond acceptors (Lipinski definition) is 3. The van der Waals surface area contributed by atoms with E-state index in [2.05, 4.69) is 25.5 Å². The zero-order valence-electron chi connectivity index (χ0n) is 20.7. The van der Waals surface area contributed by atoms with E-state index in [1.807, 2.05) is 60.7 Å². The van der Waals surface area contributed by atoms with Gasteiger partial charge in [0.25, 0.3) is 18.5 Å². The van der Waals surface area contributed by atoms with Crippen molar-refractivity contribution in [3.05, 3.63) is 60.7 Å². The van der Waals surface area contributed by atoms with Crippen LogP contribution in [0, 0.1) is 5.92 Å². The van der Waals surface area contributed by atoms with Crippen molar-refractivity contribution >= 4 is 46.5 Å². The average molecular weight is 571 g/mol. The molecule has 1 aliphatic carbocycles. The Labute approximate surface area is 215 Å². The second-order valence-electron chi connectivity index (χ2n) is 10.4. The van der Waals surface area contributed by atoms with E-state index in [0.29, 0.717) is 0 Å². The Balaban J connectivity index is 1.85. The van der Waals surface area contributed by atoms with E-state index in [1.54, 1.807) is 0 Å². The predicted molar refractivity (Wildman–Crippen MR) is 138 cm³/mol. The van der Waals surface area contributed by atoms with E-state index in [1.165, 1.54) is 0 Å². The van der Waals surface area contributed by atoms with Gasteiger partial charge in [-0.1, -0.05) is 101 Å². The molecule has 0 bridgehead atoms. The van der Waals surface area contributed by atoms with Crippen LogP contribution in [0.4, 0.5) is 19.4 Å². The van der Waals surface area contributed by atoms with E-state index in [-0.39, 0.29) is 24.5 Å². The molecule has 0 spiro atoms. The van der Waals surface area contributed by atoms with Crippen LogP contribution in [0.15, 0.2) is 60.7 Å². The largest absolute Gasteiger partial charge is 0.465 e. The van der Waals surface area contributed by atoms with Crippen LogP contribution in [0.3, 0.4) is 0 Å². The van der Waals surface area contributed by atoms with Crippen molar-refractivity contribution < 1.29 is 33.4 Å². The lowest BCUT2D eigenvalue weighted by Crippen LogP contribution is -2.66. The lowest BCUT2D eigenvalue weighted by atomic mass is 10.2. The minimum atomic E-state index is -9.91. The first kappa shape index (κ1) is 28.9. The summed E-state index contributed by atoms with van der Waals surface area (Å²) in [6.45, 7) is 6.41. The Bertz CT molecular complexity index is 1040. The zero-order valence-corrected chi connectivity index (χ0v) is 23.2. The van der Waals surface area contributed by atoms with Crippen molar-refractivity contribution in [3.8, 4) is 0 Å². The summed E-state index contributed by atoms with van der Waals surface area (Å²) in [7, 11) is -12.8. The van der Waals surface area contributed by atoms with Gasteiger partial charge in [-0.15, -0.1) is 11.6 Å². The number of ether oxygens (including phenoxy) is 1. The molecule has 11 heteroatoms. The molecule has 0 radical (unpaired) electrons. The summed E-state index contributed by atoms with van der Waals surface area (Å²) in [6.07, 6.45) is -0.316. The monoisotopic (exact) mass is 570 g/mol. The standard InChI is InChI=1S/C25H32ClF5O3SSi/c1-19(32)33-18-22-23(35(27,28,29,30)31)25(22,26)16-11-17-34-36(24(2,3)4,20-12-7-5-8-13-20)21-14-9-6-10-15-21/h5-10,12-15,22-23H,11,16-18H2,1-4H3/t22-,23-,25-/m1/s1. The summed E-state index contributed by atoms with van der Waals surface area (Å²) in [5.74, 6) is -2.55. The second-order valence-corrected chi connectivity index (χ2v) is 18.0. The summed E-state index contributed by atoms with van der Waals surface area (Å²) >= 11 is 6.19. The van der Waals surface area contributed by atoms with Crippen molar-refractivity contribution in [2.45, 2.75) is 55.7 Å². The molecule has 3 nitrogen and oxygen atoms in total. The number of esters is 1. The molecule has 0 saturated heterocycles. The van der Waals surface area contributed by atoms with Crippen LogP contribution in [-0.4, -0.2) is 37.6 Å². The molecule has 0 amide bonds. The molecule has 0 N–H and O–H groups in total. The topological polar surface area (TPSA) is 35.5 Å². The maximum atomic E-state index is 13.7. The molecule has 1 fully saturated rings. The van der Waals surface area contributed by atoms with Gasteiger partial charge in [-0.05, 0) is 28.3 Å². The highest BCUT2D eigenvalue weighted by Gasteiger charge is 2.88. The minimum Gasteiger partial charge on any atom is -0.465 e. The number of alkyl halides is 1. The van der Waals surface area contributed by atoms with Crippen molar-refractivity contribution in [1.82, 2.24) is 0 Å². The first-order chi connectivity index (χ1) is 16.3. The van der Waals surface area contributed by atoms with Crippen LogP contribution in [-0.2, 0) is 14.0 Å². The fourth-order valence-corrected chi connectivity index (χ4v) is 12.7. The van der Waals surface area contributed by atoms with Crippen molar-refractivity contribution in [3.63, 3.8) is 0 Å². The maximum Gasteiger partial charge on any atom is 0.302 e. The molecular formula is C25H32ClF5O3SSi. The third kappa shape index (κ3) is 5.92. The SMILES string of the molecule is CC(=O)OC[C@@H]1[C@@H](S(F)(F)(F)(F)F)[C@@]1(Cl)CCCO[Si](c1ccccc1)(c1ccccc1)C(C)(C)C. The summed E-state index contributed by atoms with van der Waals surface area (Å²) in [4.78, 5) is 8.85. The number of hydrogen-bond donors (Lipinski definition) is 0. The summed E-state index contributed by atoms with van der Waals surface area (Å²) in [5.41, 5.74) is 0. The van der Waals surface area contributed by atoms with Crippen LogP contribution in [0.25, 0.3) is 0 Å². The van der Waals surface area contributed by atoms with Gasteiger partial charge in [0.1, 0.15) is 5.25 Å². The Morgan fingerprint density at radius 1 is 0.972 bits per heavy atom. The van der Waals surface area contributed by atoms with Crippen molar-refractivity contribution in [2.24, 2.45) is 5.92 Å². The van der Waals surface area contributed by atoms with Gasteiger partial charge in [-0.3, -0.25) is 4.79 Å². The fraction of sp³-hybridized carbons (Fsp3) is 0.480. The highest BCUT2D eigenvalue weighted by atomic mass is 35.5. The third-order valence-corrected chi connectivity index (χ3v) is 14.3. The first-order valence-corrected chi connectivity index (χ1v) is 15.9. The molecule has 202 valence electrons. The number of carbonyl (C=O) groups is 1. The van der Waals surface area contributed by atoms with E-state index in [4.69, 9.17) is 16.0 Å². The highest BCUT2D eigenvalue weighted by Crippen LogP contribution is 3.06. The van der Waals surface area contributed by atoms with Gasteiger partial charge in [0.2, 0.25) is 0 Å². The molecule has 36 heavy (non-hydrogen) atoms. The molecule has 0 unspecified atom stereocenters. The third-order valence-electron chi connectivity index (χ3n) is 6.73. The van der Waals surface area contributed by atoms with Gasteiger partial charge < -0.3 is 9.16 Å². The van der Waals surface area contributed by atoms with Crippen LogP contribution >= 0.6 is 21.8 Å². The van der Waals surface area contributed by atoms with E-state index in [9.17, 15) is 24.2 Å². The smallest absolute Gasteiger partial charge is 0.302 e. The highest BCUT2D eigenvalue weighted by molar-refractivity contribution is 8.46. The minimum absolute atomic E-state index is 0.0366. The number of carbonyl (C=O) groups excluding carboxylic acids is 1.